The fourth-order valence-corrected chi connectivity index (χ4v) is 2.06. The van der Waals surface area contributed by atoms with E-state index < -0.39 is 0 Å². The first-order valence-electron chi connectivity index (χ1n) is 6.43. The molecule has 0 bridgehead atoms. The Labute approximate surface area is 117 Å². The van der Waals surface area contributed by atoms with Gasteiger partial charge in [-0.3, -0.25) is 5.32 Å². The molecule has 2 aromatic heterocycles. The van der Waals surface area contributed by atoms with Crippen molar-refractivity contribution in [1.82, 2.24) is 19.9 Å². The van der Waals surface area contributed by atoms with Crippen molar-refractivity contribution < 1.29 is 0 Å². The number of anilines is 2. The van der Waals surface area contributed by atoms with E-state index in [1.54, 1.807) is 6.20 Å². The maximum Gasteiger partial charge on any atom is 0.230 e. The number of benzene rings is 1. The monoisotopic (exact) mass is 265 g/mol. The zero-order chi connectivity index (χ0) is 14.1. The van der Waals surface area contributed by atoms with Crippen molar-refractivity contribution in [3.63, 3.8) is 0 Å². The second-order valence-corrected chi connectivity index (χ2v) is 4.80. The van der Waals surface area contributed by atoms with E-state index in [9.17, 15) is 0 Å². The molecule has 0 saturated carbocycles. The SMILES string of the molecule is Cc1ccc2nc(Nc3nccc(C)n3)nc(C)c2c1. The molecule has 0 radical (unpaired) electrons. The zero-order valence-electron chi connectivity index (χ0n) is 11.7. The van der Waals surface area contributed by atoms with Crippen LogP contribution in [-0.4, -0.2) is 19.9 Å². The van der Waals surface area contributed by atoms with Crippen molar-refractivity contribution in [3.8, 4) is 0 Å². The van der Waals surface area contributed by atoms with Crippen LogP contribution in [0.5, 0.6) is 0 Å². The van der Waals surface area contributed by atoms with Gasteiger partial charge in [0.25, 0.3) is 0 Å². The van der Waals surface area contributed by atoms with E-state index in [-0.39, 0.29) is 0 Å². The molecule has 1 aromatic carbocycles. The molecule has 1 N–H and O–H groups in total. The summed E-state index contributed by atoms with van der Waals surface area (Å²) in [5.41, 5.74) is 3.95. The van der Waals surface area contributed by atoms with Gasteiger partial charge in [-0.1, -0.05) is 11.6 Å². The topological polar surface area (TPSA) is 63.6 Å². The average molecular weight is 265 g/mol. The predicted octanol–water partition coefficient (Wildman–Crippen LogP) is 3.09. The molecular weight excluding hydrogens is 250 g/mol. The summed E-state index contributed by atoms with van der Waals surface area (Å²) in [6.45, 7) is 5.96. The van der Waals surface area contributed by atoms with Crippen LogP contribution in [-0.2, 0) is 0 Å². The minimum atomic E-state index is 0.510. The van der Waals surface area contributed by atoms with E-state index in [2.05, 4.69) is 38.2 Å². The smallest absolute Gasteiger partial charge is 0.230 e. The van der Waals surface area contributed by atoms with Gasteiger partial charge < -0.3 is 0 Å². The van der Waals surface area contributed by atoms with Gasteiger partial charge >= 0.3 is 0 Å². The predicted molar refractivity (Wildman–Crippen MR) is 79.1 cm³/mol. The molecule has 0 aliphatic rings. The van der Waals surface area contributed by atoms with Crippen LogP contribution < -0.4 is 5.32 Å². The molecule has 0 atom stereocenters. The van der Waals surface area contributed by atoms with Crippen LogP contribution in [0.1, 0.15) is 17.0 Å². The van der Waals surface area contributed by atoms with Crippen LogP contribution in [0, 0.1) is 20.8 Å². The molecule has 20 heavy (non-hydrogen) atoms. The molecule has 0 amide bonds. The maximum absolute atomic E-state index is 4.50. The quantitative estimate of drug-likeness (QED) is 0.771. The number of hydrogen-bond donors (Lipinski definition) is 1. The van der Waals surface area contributed by atoms with E-state index in [4.69, 9.17) is 0 Å². The first-order valence-corrected chi connectivity index (χ1v) is 6.43. The van der Waals surface area contributed by atoms with E-state index in [0.717, 1.165) is 22.3 Å². The minimum absolute atomic E-state index is 0.510. The van der Waals surface area contributed by atoms with Crippen LogP contribution in [0.25, 0.3) is 10.9 Å². The molecule has 0 aliphatic heterocycles. The van der Waals surface area contributed by atoms with E-state index in [1.807, 2.05) is 32.0 Å². The zero-order valence-corrected chi connectivity index (χ0v) is 11.7. The number of rotatable bonds is 2. The highest BCUT2D eigenvalue weighted by Gasteiger charge is 2.06. The molecule has 0 aliphatic carbocycles. The van der Waals surface area contributed by atoms with Crippen molar-refractivity contribution in [2.45, 2.75) is 20.8 Å². The maximum atomic E-state index is 4.50. The lowest BCUT2D eigenvalue weighted by molar-refractivity contribution is 1.07. The van der Waals surface area contributed by atoms with E-state index in [1.165, 1.54) is 5.56 Å². The Balaban J connectivity index is 2.02. The summed E-state index contributed by atoms with van der Waals surface area (Å²) in [4.78, 5) is 17.4. The molecule has 2 heterocycles. The Bertz CT molecular complexity index is 782. The Kier molecular flexibility index (Phi) is 3.02. The molecule has 0 spiro atoms. The van der Waals surface area contributed by atoms with Crippen LogP contribution in [0.15, 0.2) is 30.5 Å². The fraction of sp³-hybridized carbons (Fsp3) is 0.200. The Morgan fingerprint density at radius 3 is 2.55 bits per heavy atom. The Morgan fingerprint density at radius 2 is 1.75 bits per heavy atom. The summed E-state index contributed by atoms with van der Waals surface area (Å²) < 4.78 is 0. The highest BCUT2D eigenvalue weighted by atomic mass is 15.2. The first kappa shape index (κ1) is 12.5. The third-order valence-electron chi connectivity index (χ3n) is 3.06. The third-order valence-corrected chi connectivity index (χ3v) is 3.06. The van der Waals surface area contributed by atoms with Crippen LogP contribution in [0.2, 0.25) is 0 Å². The number of nitrogens with zero attached hydrogens (tertiary/aromatic N) is 4. The summed E-state index contributed by atoms with van der Waals surface area (Å²) in [6, 6.07) is 7.99. The highest BCUT2D eigenvalue weighted by molar-refractivity contribution is 5.82. The van der Waals surface area contributed by atoms with Crippen LogP contribution >= 0.6 is 0 Å². The number of aryl methyl sites for hydroxylation is 3. The normalized spacial score (nSPS) is 10.8. The van der Waals surface area contributed by atoms with Gasteiger partial charge in [0.1, 0.15) is 0 Å². The van der Waals surface area contributed by atoms with Gasteiger partial charge in [-0.05, 0) is 39.0 Å². The van der Waals surface area contributed by atoms with Crippen molar-refractivity contribution in [3.05, 3.63) is 47.4 Å². The van der Waals surface area contributed by atoms with Crippen molar-refractivity contribution >= 4 is 22.8 Å². The molecule has 5 nitrogen and oxygen atoms in total. The molecule has 5 heteroatoms. The lowest BCUT2D eigenvalue weighted by atomic mass is 10.1. The van der Waals surface area contributed by atoms with Gasteiger partial charge in [-0.2, -0.15) is 0 Å². The van der Waals surface area contributed by atoms with E-state index >= 15 is 0 Å². The van der Waals surface area contributed by atoms with Crippen molar-refractivity contribution in [1.29, 1.82) is 0 Å². The fourth-order valence-electron chi connectivity index (χ4n) is 2.06. The lowest BCUT2D eigenvalue weighted by Gasteiger charge is -2.07. The molecular formula is C15H15N5. The molecule has 3 aromatic rings. The summed E-state index contributed by atoms with van der Waals surface area (Å²) >= 11 is 0. The molecule has 100 valence electrons. The highest BCUT2D eigenvalue weighted by Crippen LogP contribution is 2.19. The molecule has 3 rings (SSSR count). The summed E-state index contributed by atoms with van der Waals surface area (Å²) in [6.07, 6.45) is 1.71. The van der Waals surface area contributed by atoms with Gasteiger partial charge in [0, 0.05) is 17.3 Å². The third kappa shape index (κ3) is 2.42. The van der Waals surface area contributed by atoms with Crippen molar-refractivity contribution in [2.24, 2.45) is 0 Å². The Morgan fingerprint density at radius 1 is 0.900 bits per heavy atom. The van der Waals surface area contributed by atoms with Gasteiger partial charge in [-0.15, -0.1) is 0 Å². The largest absolute Gasteiger partial charge is 0.293 e. The average Bonchev–Trinajstić information content (AvgIpc) is 2.40. The van der Waals surface area contributed by atoms with Gasteiger partial charge in [0.15, 0.2) is 0 Å². The van der Waals surface area contributed by atoms with Gasteiger partial charge in [0.05, 0.1) is 11.2 Å². The number of fused-ring (bicyclic) bond motifs is 1. The second-order valence-electron chi connectivity index (χ2n) is 4.80. The summed E-state index contributed by atoms with van der Waals surface area (Å²) in [5.74, 6) is 1.03. The van der Waals surface area contributed by atoms with Crippen LogP contribution in [0.3, 0.4) is 0 Å². The number of nitrogens with one attached hydrogen (secondary N) is 1. The van der Waals surface area contributed by atoms with Gasteiger partial charge in [0.2, 0.25) is 11.9 Å². The summed E-state index contributed by atoms with van der Waals surface area (Å²) in [7, 11) is 0. The summed E-state index contributed by atoms with van der Waals surface area (Å²) in [5, 5.41) is 4.12. The standard InChI is InChI=1S/C15H15N5/c1-9-4-5-13-12(8-9)11(3)18-15(19-13)20-14-16-7-6-10(2)17-14/h4-8H,1-3H3,(H,16,17,18,19,20). The number of hydrogen-bond acceptors (Lipinski definition) is 5. The number of aromatic nitrogens is 4. The first-order chi connectivity index (χ1) is 9.61. The minimum Gasteiger partial charge on any atom is -0.293 e. The van der Waals surface area contributed by atoms with Crippen molar-refractivity contribution in [2.75, 3.05) is 5.32 Å². The second kappa shape index (κ2) is 4.85. The molecule has 0 unspecified atom stereocenters. The molecule has 0 saturated heterocycles. The Hall–Kier alpha value is -2.56. The van der Waals surface area contributed by atoms with Gasteiger partial charge in [-0.25, -0.2) is 19.9 Å². The lowest BCUT2D eigenvalue weighted by Crippen LogP contribution is -2.03. The molecule has 0 fully saturated rings. The van der Waals surface area contributed by atoms with E-state index in [0.29, 0.717) is 11.9 Å². The van der Waals surface area contributed by atoms with Crippen LogP contribution in [0.4, 0.5) is 11.9 Å².